The molecule has 0 unspecified atom stereocenters. The van der Waals surface area contributed by atoms with E-state index in [1.807, 2.05) is 12.1 Å². The summed E-state index contributed by atoms with van der Waals surface area (Å²) in [5, 5.41) is 13.6. The van der Waals surface area contributed by atoms with E-state index in [1.54, 1.807) is 54.6 Å². The van der Waals surface area contributed by atoms with Crippen LogP contribution in [0.2, 0.25) is 0 Å². The topological polar surface area (TPSA) is 112 Å². The first-order valence-corrected chi connectivity index (χ1v) is 10.5. The van der Waals surface area contributed by atoms with E-state index >= 15 is 0 Å². The van der Waals surface area contributed by atoms with Crippen molar-refractivity contribution in [2.24, 2.45) is 5.10 Å². The minimum absolute atomic E-state index is 0.0702. The van der Waals surface area contributed by atoms with Gasteiger partial charge in [-0.2, -0.15) is 10.4 Å². The monoisotopic (exact) mass is 469 g/mol. The zero-order valence-corrected chi connectivity index (χ0v) is 18.7. The van der Waals surface area contributed by atoms with E-state index in [4.69, 9.17) is 9.47 Å². The van der Waals surface area contributed by atoms with Gasteiger partial charge in [0.1, 0.15) is 24.1 Å². The van der Waals surface area contributed by atoms with E-state index in [9.17, 15) is 14.4 Å². The highest BCUT2D eigenvalue weighted by molar-refractivity contribution is 5.85. The minimum Gasteiger partial charge on any atom is -0.493 e. The van der Waals surface area contributed by atoms with Crippen molar-refractivity contribution in [2.45, 2.75) is 6.61 Å². The summed E-state index contributed by atoms with van der Waals surface area (Å²) >= 11 is 0. The standard InChI is InChI=1S/C26H20FN5O3/c1-34-22-9-5-8-19(24(22)35-16-17-10-12-20(27)13-11-17)15-29-32-26-30-23(18-6-3-2-4-7-18)21(14-28)25(33)31-26/h2-13,15H,16H2,1H3,(H2,30,31,32,33). The number of anilines is 1. The third kappa shape index (κ3) is 5.51. The van der Waals surface area contributed by atoms with Crippen molar-refractivity contribution in [3.8, 4) is 28.8 Å². The van der Waals surface area contributed by atoms with Gasteiger partial charge in [-0.3, -0.25) is 9.78 Å². The maximum atomic E-state index is 13.2. The number of nitrogens with one attached hydrogen (secondary N) is 2. The van der Waals surface area contributed by atoms with Gasteiger partial charge in [0.05, 0.1) is 19.0 Å². The summed E-state index contributed by atoms with van der Waals surface area (Å²) in [6, 6.07) is 22.1. The molecule has 0 saturated heterocycles. The molecular weight excluding hydrogens is 449 g/mol. The summed E-state index contributed by atoms with van der Waals surface area (Å²) in [6.45, 7) is 0.194. The number of ether oxygens (including phenoxy) is 2. The lowest BCUT2D eigenvalue weighted by Crippen LogP contribution is -2.16. The quantitative estimate of drug-likeness (QED) is 0.291. The van der Waals surface area contributed by atoms with E-state index < -0.39 is 5.56 Å². The molecule has 0 atom stereocenters. The summed E-state index contributed by atoms with van der Waals surface area (Å²) in [6.07, 6.45) is 1.49. The highest BCUT2D eigenvalue weighted by Crippen LogP contribution is 2.31. The molecule has 0 bridgehead atoms. The Kier molecular flexibility index (Phi) is 7.13. The number of H-pyrrole nitrogens is 1. The molecule has 0 aliphatic heterocycles. The maximum Gasteiger partial charge on any atom is 0.270 e. The highest BCUT2D eigenvalue weighted by atomic mass is 19.1. The summed E-state index contributed by atoms with van der Waals surface area (Å²) in [7, 11) is 1.52. The van der Waals surface area contributed by atoms with E-state index in [-0.39, 0.29) is 29.6 Å². The number of hydrazone groups is 1. The maximum absolute atomic E-state index is 13.2. The number of aromatic amines is 1. The molecule has 3 aromatic carbocycles. The number of para-hydroxylation sites is 1. The first kappa shape index (κ1) is 23.2. The van der Waals surface area contributed by atoms with Gasteiger partial charge in [-0.05, 0) is 29.8 Å². The smallest absolute Gasteiger partial charge is 0.270 e. The predicted octanol–water partition coefficient (Wildman–Crippen LogP) is 4.48. The fraction of sp³-hybridized carbons (Fsp3) is 0.0769. The van der Waals surface area contributed by atoms with Crippen molar-refractivity contribution in [3.05, 3.63) is 106 Å². The lowest BCUT2D eigenvalue weighted by molar-refractivity contribution is 0.284. The normalized spacial score (nSPS) is 10.7. The second-order valence-corrected chi connectivity index (χ2v) is 7.28. The van der Waals surface area contributed by atoms with Crippen LogP contribution in [0.25, 0.3) is 11.3 Å². The number of halogens is 1. The molecule has 8 nitrogen and oxygen atoms in total. The Bertz CT molecular complexity index is 1450. The molecular formula is C26H20FN5O3. The number of hydrogen-bond acceptors (Lipinski definition) is 7. The lowest BCUT2D eigenvalue weighted by Gasteiger charge is -2.13. The molecule has 1 aromatic heterocycles. The molecule has 4 rings (SSSR count). The Morgan fingerprint density at radius 3 is 2.60 bits per heavy atom. The van der Waals surface area contributed by atoms with Crippen LogP contribution in [-0.4, -0.2) is 23.3 Å². The molecule has 174 valence electrons. The van der Waals surface area contributed by atoms with Gasteiger partial charge in [-0.15, -0.1) is 0 Å². The summed E-state index contributed by atoms with van der Waals surface area (Å²) in [5.74, 6) is 0.680. The number of benzene rings is 3. The van der Waals surface area contributed by atoms with Crippen molar-refractivity contribution in [1.29, 1.82) is 5.26 Å². The molecule has 9 heteroatoms. The zero-order valence-electron chi connectivity index (χ0n) is 18.7. The fourth-order valence-corrected chi connectivity index (χ4v) is 3.28. The molecule has 0 amide bonds. The highest BCUT2D eigenvalue weighted by Gasteiger charge is 2.13. The van der Waals surface area contributed by atoms with E-state index in [1.165, 1.54) is 25.5 Å². The second kappa shape index (κ2) is 10.8. The van der Waals surface area contributed by atoms with Gasteiger partial charge in [-0.25, -0.2) is 14.8 Å². The molecule has 4 aromatic rings. The Hall–Kier alpha value is -4.97. The predicted molar refractivity (Wildman–Crippen MR) is 130 cm³/mol. The van der Waals surface area contributed by atoms with E-state index in [0.717, 1.165) is 5.56 Å². The van der Waals surface area contributed by atoms with Crippen LogP contribution < -0.4 is 20.5 Å². The molecule has 0 radical (unpaired) electrons. The third-order valence-electron chi connectivity index (χ3n) is 4.98. The van der Waals surface area contributed by atoms with Gasteiger partial charge in [0.25, 0.3) is 5.56 Å². The van der Waals surface area contributed by atoms with Crippen molar-refractivity contribution in [3.63, 3.8) is 0 Å². The Morgan fingerprint density at radius 2 is 1.89 bits per heavy atom. The Labute approximate surface area is 200 Å². The molecule has 0 spiro atoms. The van der Waals surface area contributed by atoms with Crippen LogP contribution in [0.15, 0.2) is 82.7 Å². The molecule has 0 fully saturated rings. The zero-order chi connectivity index (χ0) is 24.6. The molecule has 0 aliphatic rings. The molecule has 35 heavy (non-hydrogen) atoms. The number of aromatic nitrogens is 2. The lowest BCUT2D eigenvalue weighted by atomic mass is 10.1. The SMILES string of the molecule is COc1cccc(C=NNc2nc(-c3ccccc3)c(C#N)c(=O)[nH]2)c1OCc1ccc(F)cc1. The van der Waals surface area contributed by atoms with Gasteiger partial charge >= 0.3 is 0 Å². The second-order valence-electron chi connectivity index (χ2n) is 7.28. The van der Waals surface area contributed by atoms with Crippen LogP contribution in [0.1, 0.15) is 16.7 Å². The number of rotatable bonds is 8. The van der Waals surface area contributed by atoms with Crippen molar-refractivity contribution in [1.82, 2.24) is 9.97 Å². The first-order chi connectivity index (χ1) is 17.1. The number of nitrogens with zero attached hydrogens (tertiary/aromatic N) is 3. The van der Waals surface area contributed by atoms with Crippen molar-refractivity contribution < 1.29 is 13.9 Å². The third-order valence-corrected chi connectivity index (χ3v) is 4.98. The van der Waals surface area contributed by atoms with Crippen molar-refractivity contribution in [2.75, 3.05) is 12.5 Å². The molecule has 0 saturated carbocycles. The van der Waals surface area contributed by atoms with E-state index in [0.29, 0.717) is 22.6 Å². The van der Waals surface area contributed by atoms with Gasteiger partial charge < -0.3 is 9.47 Å². The number of hydrogen-bond donors (Lipinski definition) is 2. The van der Waals surface area contributed by atoms with Gasteiger partial charge in [0, 0.05) is 11.1 Å². The van der Waals surface area contributed by atoms with Crippen LogP contribution in [0.3, 0.4) is 0 Å². The van der Waals surface area contributed by atoms with Crippen LogP contribution in [-0.2, 0) is 6.61 Å². The van der Waals surface area contributed by atoms with Crippen molar-refractivity contribution >= 4 is 12.2 Å². The minimum atomic E-state index is -0.580. The first-order valence-electron chi connectivity index (χ1n) is 10.5. The Morgan fingerprint density at radius 1 is 1.11 bits per heavy atom. The largest absolute Gasteiger partial charge is 0.493 e. The summed E-state index contributed by atoms with van der Waals surface area (Å²) in [5.41, 5.74) is 4.29. The number of nitriles is 1. The molecule has 2 N–H and O–H groups in total. The van der Waals surface area contributed by atoms with Crippen LogP contribution >= 0.6 is 0 Å². The Balaban J connectivity index is 1.58. The van der Waals surface area contributed by atoms with E-state index in [2.05, 4.69) is 20.5 Å². The van der Waals surface area contributed by atoms with Crippen LogP contribution in [0, 0.1) is 17.1 Å². The summed E-state index contributed by atoms with van der Waals surface area (Å²) in [4.78, 5) is 19.3. The molecule has 0 aliphatic carbocycles. The van der Waals surface area contributed by atoms with Crippen LogP contribution in [0.4, 0.5) is 10.3 Å². The van der Waals surface area contributed by atoms with Gasteiger partial charge in [0.15, 0.2) is 11.5 Å². The number of methoxy groups -OCH3 is 1. The fourth-order valence-electron chi connectivity index (χ4n) is 3.28. The molecule has 1 heterocycles. The van der Waals surface area contributed by atoms with Gasteiger partial charge in [0.2, 0.25) is 5.95 Å². The average molecular weight is 469 g/mol. The summed E-state index contributed by atoms with van der Waals surface area (Å²) < 4.78 is 24.5. The van der Waals surface area contributed by atoms with Gasteiger partial charge in [-0.1, -0.05) is 48.5 Å². The average Bonchev–Trinajstić information content (AvgIpc) is 2.89. The van der Waals surface area contributed by atoms with Crippen LogP contribution in [0.5, 0.6) is 11.5 Å².